The van der Waals surface area contributed by atoms with Gasteiger partial charge in [0.2, 0.25) is 0 Å². The van der Waals surface area contributed by atoms with E-state index in [0.29, 0.717) is 0 Å². The van der Waals surface area contributed by atoms with Gasteiger partial charge in [0.25, 0.3) is 5.69 Å². The van der Waals surface area contributed by atoms with Gasteiger partial charge in [-0.1, -0.05) is 0 Å². The Kier molecular flexibility index (Phi) is 5.63. The van der Waals surface area contributed by atoms with Gasteiger partial charge in [-0.2, -0.15) is 0 Å². The van der Waals surface area contributed by atoms with Gasteiger partial charge in [-0.3, -0.25) is 15.4 Å². The molecule has 0 fully saturated rings. The molecule has 0 spiro atoms. The van der Waals surface area contributed by atoms with E-state index in [0.717, 1.165) is 30.3 Å². The van der Waals surface area contributed by atoms with Crippen LogP contribution in [0, 0.1) is 21.7 Å². The van der Waals surface area contributed by atoms with Gasteiger partial charge in [-0.05, 0) is 39.0 Å². The van der Waals surface area contributed by atoms with Gasteiger partial charge in [0, 0.05) is 23.3 Å². The summed E-state index contributed by atoms with van der Waals surface area (Å²) in [5.74, 6) is -1.49. The molecule has 1 N–H and O–H groups in total. The molecular weight excluding hydrogens is 362 g/mol. The molecule has 0 radical (unpaired) electrons. The molecule has 9 heteroatoms. The van der Waals surface area contributed by atoms with Gasteiger partial charge in [0.1, 0.15) is 28.7 Å². The second-order valence-corrected chi connectivity index (χ2v) is 6.58. The largest absolute Gasteiger partial charge is 0.496 e. The van der Waals surface area contributed by atoms with E-state index in [-0.39, 0.29) is 22.6 Å². The van der Waals surface area contributed by atoms with Crippen LogP contribution in [-0.4, -0.2) is 23.7 Å². The summed E-state index contributed by atoms with van der Waals surface area (Å²) in [7, 11) is 1.26. The van der Waals surface area contributed by atoms with Crippen LogP contribution >= 0.6 is 0 Å². The van der Waals surface area contributed by atoms with Crippen LogP contribution in [0.15, 0.2) is 30.3 Å². The van der Waals surface area contributed by atoms with E-state index in [1.807, 2.05) is 0 Å². The maximum absolute atomic E-state index is 14.1. The Morgan fingerprint density at radius 1 is 1.15 bits per heavy atom. The number of halogens is 2. The van der Waals surface area contributed by atoms with Crippen LogP contribution in [-0.2, 0) is 4.74 Å². The number of nitrogens with one attached hydrogen (secondary N) is 1. The molecule has 0 bridgehead atoms. The molecule has 2 aromatic carbocycles. The Labute approximate surface area is 154 Å². The SMILES string of the molecule is COc1cc(NC(=O)OC(C)(C)C)c([N+](=O)[O-])cc1-c1cc(F)ccc1F. The highest BCUT2D eigenvalue weighted by molar-refractivity contribution is 5.91. The molecule has 0 aliphatic heterocycles. The summed E-state index contributed by atoms with van der Waals surface area (Å²) in [6.07, 6.45) is -0.905. The smallest absolute Gasteiger partial charge is 0.412 e. The molecule has 0 aromatic heterocycles. The first-order chi connectivity index (χ1) is 12.5. The second-order valence-electron chi connectivity index (χ2n) is 6.58. The Bertz CT molecular complexity index is 894. The lowest BCUT2D eigenvalue weighted by Gasteiger charge is -2.20. The van der Waals surface area contributed by atoms with Crippen molar-refractivity contribution in [1.82, 2.24) is 0 Å². The highest BCUT2D eigenvalue weighted by atomic mass is 19.1. The van der Waals surface area contributed by atoms with Crippen LogP contribution in [0.2, 0.25) is 0 Å². The predicted molar refractivity (Wildman–Crippen MR) is 94.9 cm³/mol. The molecule has 2 rings (SSSR count). The zero-order chi connectivity index (χ0) is 20.4. The first kappa shape index (κ1) is 20.1. The predicted octanol–water partition coefficient (Wildman–Crippen LogP) is 4.90. The van der Waals surface area contributed by atoms with E-state index in [9.17, 15) is 23.7 Å². The number of anilines is 1. The van der Waals surface area contributed by atoms with Crippen molar-refractivity contribution in [2.45, 2.75) is 26.4 Å². The Hall–Kier alpha value is -3.23. The van der Waals surface area contributed by atoms with Crippen LogP contribution < -0.4 is 10.1 Å². The molecule has 0 saturated carbocycles. The number of rotatable bonds is 4. The van der Waals surface area contributed by atoms with Crippen molar-refractivity contribution in [2.24, 2.45) is 0 Å². The summed E-state index contributed by atoms with van der Waals surface area (Å²) in [6.45, 7) is 4.91. The molecule has 7 nitrogen and oxygen atoms in total. The number of ether oxygens (including phenoxy) is 2. The van der Waals surface area contributed by atoms with Gasteiger partial charge in [-0.25, -0.2) is 13.6 Å². The maximum atomic E-state index is 14.1. The summed E-state index contributed by atoms with van der Waals surface area (Å²) >= 11 is 0. The minimum atomic E-state index is -0.905. The van der Waals surface area contributed by atoms with Crippen molar-refractivity contribution in [3.63, 3.8) is 0 Å². The van der Waals surface area contributed by atoms with Crippen molar-refractivity contribution in [1.29, 1.82) is 0 Å². The summed E-state index contributed by atoms with van der Waals surface area (Å²) < 4.78 is 37.9. The average molecular weight is 380 g/mol. The Balaban J connectivity index is 2.57. The number of carbonyl (C=O) groups excluding carboxylic acids is 1. The third-order valence-electron chi connectivity index (χ3n) is 3.37. The van der Waals surface area contributed by atoms with E-state index in [4.69, 9.17) is 9.47 Å². The van der Waals surface area contributed by atoms with Crippen LogP contribution in [0.3, 0.4) is 0 Å². The number of nitro benzene ring substituents is 1. The molecule has 0 atom stereocenters. The van der Waals surface area contributed by atoms with Crippen LogP contribution in [0.25, 0.3) is 11.1 Å². The molecule has 0 heterocycles. The topological polar surface area (TPSA) is 90.7 Å². The molecular formula is C18H18F2N2O5. The summed E-state index contributed by atoms with van der Waals surface area (Å²) in [4.78, 5) is 22.6. The molecule has 0 aliphatic rings. The monoisotopic (exact) mass is 380 g/mol. The minimum Gasteiger partial charge on any atom is -0.496 e. The average Bonchev–Trinajstić information content (AvgIpc) is 2.54. The van der Waals surface area contributed by atoms with Gasteiger partial charge in [0.15, 0.2) is 0 Å². The normalized spacial score (nSPS) is 11.0. The number of amides is 1. The summed E-state index contributed by atoms with van der Waals surface area (Å²) in [6, 6.07) is 4.89. The number of hydrogen-bond acceptors (Lipinski definition) is 5. The molecule has 0 unspecified atom stereocenters. The molecule has 2 aromatic rings. The summed E-state index contributed by atoms with van der Waals surface area (Å²) in [5.41, 5.74) is -1.78. The lowest BCUT2D eigenvalue weighted by atomic mass is 10.0. The fourth-order valence-corrected chi connectivity index (χ4v) is 2.32. The number of hydrogen-bond donors (Lipinski definition) is 1. The van der Waals surface area contributed by atoms with Crippen LogP contribution in [0.4, 0.5) is 25.0 Å². The number of methoxy groups -OCH3 is 1. The van der Waals surface area contributed by atoms with E-state index in [1.54, 1.807) is 20.8 Å². The molecule has 27 heavy (non-hydrogen) atoms. The third-order valence-corrected chi connectivity index (χ3v) is 3.37. The number of nitrogens with zero attached hydrogens (tertiary/aromatic N) is 1. The van der Waals surface area contributed by atoms with Crippen molar-refractivity contribution in [3.8, 4) is 16.9 Å². The highest BCUT2D eigenvalue weighted by Gasteiger charge is 2.25. The zero-order valence-corrected chi connectivity index (χ0v) is 15.1. The molecule has 1 amide bonds. The standard InChI is InChI=1S/C18H18F2N2O5/c1-18(2,3)27-17(23)21-14-9-16(26-4)12(8-15(14)22(24)25)11-7-10(19)5-6-13(11)20/h5-9H,1-4H3,(H,21,23). The van der Waals surface area contributed by atoms with Crippen molar-refractivity contribution >= 4 is 17.5 Å². The number of carbonyl (C=O) groups is 1. The van der Waals surface area contributed by atoms with Gasteiger partial charge in [-0.15, -0.1) is 0 Å². The van der Waals surface area contributed by atoms with Gasteiger partial charge in [0.05, 0.1) is 12.0 Å². The second kappa shape index (κ2) is 7.56. The first-order valence-electron chi connectivity index (χ1n) is 7.83. The zero-order valence-electron chi connectivity index (χ0n) is 15.1. The quantitative estimate of drug-likeness (QED) is 0.602. The lowest BCUT2D eigenvalue weighted by molar-refractivity contribution is -0.383. The third kappa shape index (κ3) is 4.90. The van der Waals surface area contributed by atoms with Crippen molar-refractivity contribution < 1.29 is 28.0 Å². The van der Waals surface area contributed by atoms with E-state index < -0.39 is 33.9 Å². The van der Waals surface area contributed by atoms with E-state index in [2.05, 4.69) is 5.32 Å². The van der Waals surface area contributed by atoms with Crippen molar-refractivity contribution in [2.75, 3.05) is 12.4 Å². The number of benzene rings is 2. The van der Waals surface area contributed by atoms with E-state index in [1.165, 1.54) is 7.11 Å². The minimum absolute atomic E-state index is 0.0103. The highest BCUT2D eigenvalue weighted by Crippen LogP contribution is 2.40. The van der Waals surface area contributed by atoms with Crippen molar-refractivity contribution in [3.05, 3.63) is 52.1 Å². The fraction of sp³-hybridized carbons (Fsp3) is 0.278. The van der Waals surface area contributed by atoms with E-state index >= 15 is 0 Å². The lowest BCUT2D eigenvalue weighted by Crippen LogP contribution is -2.27. The molecule has 0 aliphatic carbocycles. The first-order valence-corrected chi connectivity index (χ1v) is 7.83. The fourth-order valence-electron chi connectivity index (χ4n) is 2.32. The Morgan fingerprint density at radius 3 is 2.37 bits per heavy atom. The van der Waals surface area contributed by atoms with Crippen LogP contribution in [0.5, 0.6) is 5.75 Å². The van der Waals surface area contributed by atoms with Gasteiger partial charge < -0.3 is 9.47 Å². The summed E-state index contributed by atoms with van der Waals surface area (Å²) in [5, 5.41) is 13.7. The van der Waals surface area contributed by atoms with Gasteiger partial charge >= 0.3 is 6.09 Å². The Morgan fingerprint density at radius 2 is 1.81 bits per heavy atom. The maximum Gasteiger partial charge on any atom is 0.412 e. The van der Waals surface area contributed by atoms with Crippen LogP contribution in [0.1, 0.15) is 20.8 Å². The molecule has 0 saturated heterocycles. The molecule has 144 valence electrons. The number of nitro groups is 1.